The van der Waals surface area contributed by atoms with Crippen molar-refractivity contribution >= 4 is 0 Å². The molecule has 2 rings (SSSR count). The third kappa shape index (κ3) is 1.35. The monoisotopic (exact) mass is 174 g/mol. The van der Waals surface area contributed by atoms with Crippen LogP contribution < -0.4 is 0 Å². The second kappa shape index (κ2) is 2.63. The molecule has 1 aliphatic heterocycles. The van der Waals surface area contributed by atoms with Crippen molar-refractivity contribution in [1.82, 2.24) is 0 Å². The lowest BCUT2D eigenvalue weighted by atomic mass is 9.86. The number of hydrogen-bond donors (Lipinski definition) is 0. The second-order valence-electron chi connectivity index (χ2n) is 4.42. The first-order valence-corrected chi connectivity index (χ1v) is 4.54. The molecule has 68 valence electrons. The Morgan fingerprint density at radius 3 is 2.54 bits per heavy atom. The Kier molecular flexibility index (Phi) is 1.69. The maximum atomic E-state index is 5.18. The summed E-state index contributed by atoms with van der Waals surface area (Å²) in [6, 6.07) is 6.33. The maximum absolute atomic E-state index is 5.18. The summed E-state index contributed by atoms with van der Waals surface area (Å²) in [7, 11) is 0. The van der Waals surface area contributed by atoms with Gasteiger partial charge in [0.25, 0.3) is 0 Å². The summed E-state index contributed by atoms with van der Waals surface area (Å²) in [6.07, 6.45) is 3.55. The van der Waals surface area contributed by atoms with Gasteiger partial charge in [0.05, 0.1) is 12.5 Å². The Morgan fingerprint density at radius 1 is 1.08 bits per heavy atom. The number of rotatable bonds is 0. The van der Waals surface area contributed by atoms with E-state index in [2.05, 4.69) is 32.9 Å². The topological polar surface area (TPSA) is 13.1 Å². The highest BCUT2D eigenvalue weighted by atomic mass is 16.3. The molecular formula is C12H14O. The molecule has 0 bridgehead atoms. The van der Waals surface area contributed by atoms with Crippen LogP contribution in [0.4, 0.5) is 0 Å². The third-order valence-corrected chi connectivity index (χ3v) is 2.35. The summed E-state index contributed by atoms with van der Waals surface area (Å²) in [5.74, 6) is 0. The maximum Gasteiger partial charge on any atom is 0.0982 e. The smallest absolute Gasteiger partial charge is 0.0982 e. The molecule has 13 heavy (non-hydrogen) atoms. The molecule has 1 aliphatic carbocycles. The molecule has 0 saturated carbocycles. The molecule has 0 atom stereocenters. The van der Waals surface area contributed by atoms with E-state index < -0.39 is 0 Å². The van der Waals surface area contributed by atoms with Crippen molar-refractivity contribution in [3.05, 3.63) is 36.3 Å². The van der Waals surface area contributed by atoms with Crippen molar-refractivity contribution < 1.29 is 4.42 Å². The van der Waals surface area contributed by atoms with Gasteiger partial charge in [0.1, 0.15) is 0 Å². The molecule has 0 spiro atoms. The molecule has 0 saturated heterocycles. The molecule has 0 aromatic heterocycles. The molecule has 1 heterocycles. The Morgan fingerprint density at radius 2 is 1.85 bits per heavy atom. The van der Waals surface area contributed by atoms with Crippen LogP contribution in [0.1, 0.15) is 26.3 Å². The van der Waals surface area contributed by atoms with Crippen LogP contribution >= 0.6 is 0 Å². The van der Waals surface area contributed by atoms with Crippen LogP contribution in [-0.2, 0) is 5.41 Å². The summed E-state index contributed by atoms with van der Waals surface area (Å²) in [5.41, 5.74) is 4.04. The van der Waals surface area contributed by atoms with Crippen LogP contribution in [-0.4, -0.2) is 0 Å². The fourth-order valence-electron chi connectivity index (χ4n) is 1.66. The zero-order valence-electron chi connectivity index (χ0n) is 8.29. The largest absolute Gasteiger partial charge is 0.472 e. The average molecular weight is 174 g/mol. The van der Waals surface area contributed by atoms with Crippen molar-refractivity contribution in [3.8, 4) is 11.1 Å². The van der Waals surface area contributed by atoms with Gasteiger partial charge >= 0.3 is 0 Å². The molecule has 0 amide bonds. The van der Waals surface area contributed by atoms with Crippen LogP contribution in [0.25, 0.3) is 11.1 Å². The van der Waals surface area contributed by atoms with Crippen molar-refractivity contribution in [2.24, 2.45) is 0 Å². The Labute approximate surface area is 78.7 Å². The van der Waals surface area contributed by atoms with Crippen LogP contribution in [0.2, 0.25) is 0 Å². The van der Waals surface area contributed by atoms with E-state index in [1.165, 1.54) is 16.7 Å². The second-order valence-corrected chi connectivity index (χ2v) is 4.42. The normalized spacial score (nSPS) is 12.2. The van der Waals surface area contributed by atoms with Gasteiger partial charge in [-0.1, -0.05) is 32.9 Å². The Hall–Kier alpha value is -1.24. The van der Waals surface area contributed by atoms with Gasteiger partial charge in [-0.2, -0.15) is 0 Å². The molecule has 0 aromatic rings. The Bertz CT molecular complexity index is 379. The van der Waals surface area contributed by atoms with Gasteiger partial charge in [-0.15, -0.1) is 0 Å². The van der Waals surface area contributed by atoms with Crippen molar-refractivity contribution in [1.29, 1.82) is 0 Å². The van der Waals surface area contributed by atoms with Crippen LogP contribution in [0.15, 0.2) is 35.1 Å². The van der Waals surface area contributed by atoms with E-state index in [4.69, 9.17) is 4.42 Å². The fourth-order valence-corrected chi connectivity index (χ4v) is 1.66. The molecule has 0 radical (unpaired) electrons. The zero-order chi connectivity index (χ0) is 9.47. The lowest BCUT2D eigenvalue weighted by Gasteiger charge is -2.19. The summed E-state index contributed by atoms with van der Waals surface area (Å²) < 4.78 is 5.18. The fraction of sp³-hybridized carbons (Fsp3) is 0.333. The number of fused-ring (bicyclic) bond motifs is 1. The highest BCUT2D eigenvalue weighted by Gasteiger charge is 2.20. The molecule has 0 fully saturated rings. The number of hydrogen-bond acceptors (Lipinski definition) is 1. The van der Waals surface area contributed by atoms with Gasteiger partial charge < -0.3 is 4.42 Å². The van der Waals surface area contributed by atoms with Gasteiger partial charge in [-0.3, -0.25) is 0 Å². The molecular weight excluding hydrogens is 160 g/mol. The van der Waals surface area contributed by atoms with E-state index in [0.717, 1.165) is 0 Å². The van der Waals surface area contributed by atoms with E-state index in [1.807, 2.05) is 12.3 Å². The molecule has 1 heteroatoms. The summed E-state index contributed by atoms with van der Waals surface area (Å²) in [5, 5.41) is 0. The molecule has 1 nitrogen and oxygen atoms in total. The summed E-state index contributed by atoms with van der Waals surface area (Å²) in [4.78, 5) is 0. The lowest BCUT2D eigenvalue weighted by molar-refractivity contribution is 0.545. The summed E-state index contributed by atoms with van der Waals surface area (Å²) in [6.45, 7) is 6.65. The minimum absolute atomic E-state index is 0.193. The molecule has 0 unspecified atom stereocenters. The minimum atomic E-state index is 0.193. The van der Waals surface area contributed by atoms with E-state index >= 15 is 0 Å². The predicted octanol–water partition coefficient (Wildman–Crippen LogP) is 3.68. The predicted molar refractivity (Wildman–Crippen MR) is 54.0 cm³/mol. The van der Waals surface area contributed by atoms with E-state index in [0.29, 0.717) is 0 Å². The third-order valence-electron chi connectivity index (χ3n) is 2.35. The first-order chi connectivity index (χ1) is 6.09. The molecule has 2 aliphatic rings. The Balaban J connectivity index is 2.62. The first-order valence-electron chi connectivity index (χ1n) is 4.54. The molecule has 0 N–H and O–H groups in total. The first kappa shape index (κ1) is 8.36. The highest BCUT2D eigenvalue weighted by molar-refractivity contribution is 5.70. The molecule has 0 aromatic carbocycles. The van der Waals surface area contributed by atoms with Crippen molar-refractivity contribution in [2.75, 3.05) is 0 Å². The zero-order valence-corrected chi connectivity index (χ0v) is 8.29. The average Bonchev–Trinajstić information content (AvgIpc) is 2.45. The van der Waals surface area contributed by atoms with Crippen LogP contribution in [0.3, 0.4) is 0 Å². The van der Waals surface area contributed by atoms with Gasteiger partial charge in [-0.25, -0.2) is 0 Å². The van der Waals surface area contributed by atoms with E-state index in [9.17, 15) is 0 Å². The van der Waals surface area contributed by atoms with Crippen molar-refractivity contribution in [2.45, 2.75) is 26.2 Å². The summed E-state index contributed by atoms with van der Waals surface area (Å²) >= 11 is 0. The van der Waals surface area contributed by atoms with Gasteiger partial charge in [0.2, 0.25) is 0 Å². The SMILES string of the molecule is CC(C)(C)c1ccc2ccocc1-2. The van der Waals surface area contributed by atoms with Gasteiger partial charge in [0.15, 0.2) is 0 Å². The standard InChI is InChI=1S/C12H14O/c1-12(2,3)11-5-4-9-6-7-13-8-10(9)11/h4-8H,1-3H3. The minimum Gasteiger partial charge on any atom is -0.472 e. The van der Waals surface area contributed by atoms with Crippen molar-refractivity contribution in [3.63, 3.8) is 0 Å². The van der Waals surface area contributed by atoms with Crippen LogP contribution in [0.5, 0.6) is 0 Å². The van der Waals surface area contributed by atoms with E-state index in [-0.39, 0.29) is 5.41 Å². The lowest BCUT2D eigenvalue weighted by Crippen LogP contribution is -2.10. The van der Waals surface area contributed by atoms with Gasteiger partial charge in [-0.05, 0) is 22.6 Å². The van der Waals surface area contributed by atoms with Gasteiger partial charge in [0, 0.05) is 5.56 Å². The highest BCUT2D eigenvalue weighted by Crippen LogP contribution is 2.35. The quantitative estimate of drug-likeness (QED) is 0.593. The van der Waals surface area contributed by atoms with Crippen LogP contribution in [0, 0.1) is 0 Å². The van der Waals surface area contributed by atoms with E-state index in [1.54, 1.807) is 6.26 Å².